The van der Waals surface area contributed by atoms with Crippen molar-refractivity contribution in [1.82, 2.24) is 5.32 Å². The van der Waals surface area contributed by atoms with Crippen LogP contribution in [-0.4, -0.2) is 33.9 Å². The van der Waals surface area contributed by atoms with E-state index in [0.29, 0.717) is 36.6 Å². The van der Waals surface area contributed by atoms with E-state index < -0.39 is 10.0 Å². The van der Waals surface area contributed by atoms with E-state index in [0.717, 1.165) is 5.56 Å². The second-order valence-corrected chi connectivity index (χ2v) is 7.93. The topological polar surface area (TPSA) is 87.7 Å². The van der Waals surface area contributed by atoms with Crippen LogP contribution in [0.15, 0.2) is 48.5 Å². The number of hydrogen-bond acceptors (Lipinski definition) is 4. The standard InChI is InChI=1S/C18H21N3O4S/c1-25-17-9-8-15(12-16(17)21-10-5-11-26(21,23)24)20-18(22)19-13-14-6-3-2-4-7-14/h2-4,6-9,12H,5,10-11,13H2,1H3,(H2,19,20,22). The summed E-state index contributed by atoms with van der Waals surface area (Å²) in [5, 5.41) is 5.50. The molecule has 8 heteroatoms. The molecule has 2 aromatic rings. The van der Waals surface area contributed by atoms with E-state index in [4.69, 9.17) is 4.74 Å². The molecule has 1 fully saturated rings. The molecule has 1 aliphatic rings. The molecule has 0 atom stereocenters. The van der Waals surface area contributed by atoms with Crippen LogP contribution < -0.4 is 19.7 Å². The molecule has 2 N–H and O–H groups in total. The fraction of sp³-hybridized carbons (Fsp3) is 0.278. The second kappa shape index (κ2) is 7.65. The molecular weight excluding hydrogens is 354 g/mol. The van der Waals surface area contributed by atoms with Crippen molar-refractivity contribution in [2.24, 2.45) is 0 Å². The number of ether oxygens (including phenoxy) is 1. The zero-order valence-electron chi connectivity index (χ0n) is 14.4. The van der Waals surface area contributed by atoms with Gasteiger partial charge in [0.2, 0.25) is 10.0 Å². The maximum absolute atomic E-state index is 12.2. The van der Waals surface area contributed by atoms with Gasteiger partial charge in [0.1, 0.15) is 5.75 Å². The molecule has 0 saturated carbocycles. The van der Waals surface area contributed by atoms with Crippen molar-refractivity contribution in [2.45, 2.75) is 13.0 Å². The smallest absolute Gasteiger partial charge is 0.319 e. The van der Waals surface area contributed by atoms with E-state index in [2.05, 4.69) is 10.6 Å². The lowest BCUT2D eigenvalue weighted by Gasteiger charge is -2.20. The zero-order chi connectivity index (χ0) is 18.6. The minimum Gasteiger partial charge on any atom is -0.495 e. The molecule has 1 heterocycles. The molecule has 2 amide bonds. The summed E-state index contributed by atoms with van der Waals surface area (Å²) in [5.74, 6) is 0.566. The summed E-state index contributed by atoms with van der Waals surface area (Å²) in [6.07, 6.45) is 0.570. The average molecular weight is 375 g/mol. The maximum Gasteiger partial charge on any atom is 0.319 e. The lowest BCUT2D eigenvalue weighted by molar-refractivity contribution is 0.251. The number of urea groups is 1. The quantitative estimate of drug-likeness (QED) is 0.841. The molecule has 3 rings (SSSR count). The summed E-state index contributed by atoms with van der Waals surface area (Å²) in [6, 6.07) is 14.1. The average Bonchev–Trinajstić information content (AvgIpc) is 3.00. The Hall–Kier alpha value is -2.74. The highest BCUT2D eigenvalue weighted by molar-refractivity contribution is 7.93. The van der Waals surface area contributed by atoms with E-state index in [9.17, 15) is 13.2 Å². The van der Waals surface area contributed by atoms with Crippen molar-refractivity contribution < 1.29 is 17.9 Å². The molecule has 26 heavy (non-hydrogen) atoms. The van der Waals surface area contributed by atoms with Crippen molar-refractivity contribution in [3.05, 3.63) is 54.1 Å². The first kappa shape index (κ1) is 18.1. The number of benzene rings is 2. The van der Waals surface area contributed by atoms with Crippen molar-refractivity contribution in [2.75, 3.05) is 29.0 Å². The molecule has 0 spiro atoms. The molecule has 1 aliphatic heterocycles. The molecule has 138 valence electrons. The van der Waals surface area contributed by atoms with Crippen molar-refractivity contribution in [1.29, 1.82) is 0 Å². The largest absolute Gasteiger partial charge is 0.495 e. The van der Waals surface area contributed by atoms with Crippen molar-refractivity contribution in [3.8, 4) is 5.75 Å². The number of rotatable bonds is 5. The number of amides is 2. The number of carbonyl (C=O) groups is 1. The van der Waals surface area contributed by atoms with Crippen LogP contribution in [-0.2, 0) is 16.6 Å². The zero-order valence-corrected chi connectivity index (χ0v) is 15.3. The van der Waals surface area contributed by atoms with E-state index in [-0.39, 0.29) is 11.8 Å². The second-order valence-electron chi connectivity index (χ2n) is 5.92. The Morgan fingerprint density at radius 1 is 1.19 bits per heavy atom. The summed E-state index contributed by atoms with van der Waals surface area (Å²) in [4.78, 5) is 12.1. The van der Waals surface area contributed by atoms with Crippen LogP contribution in [0.2, 0.25) is 0 Å². The van der Waals surface area contributed by atoms with E-state index in [1.807, 2.05) is 30.3 Å². The SMILES string of the molecule is COc1ccc(NC(=O)NCc2ccccc2)cc1N1CCCS1(=O)=O. The van der Waals surface area contributed by atoms with Gasteiger partial charge in [0.05, 0.1) is 18.6 Å². The van der Waals surface area contributed by atoms with Gasteiger partial charge in [0.25, 0.3) is 0 Å². The van der Waals surface area contributed by atoms with Gasteiger partial charge in [-0.1, -0.05) is 30.3 Å². The highest BCUT2D eigenvalue weighted by atomic mass is 32.2. The van der Waals surface area contributed by atoms with Crippen LogP contribution in [0, 0.1) is 0 Å². The van der Waals surface area contributed by atoms with Crippen LogP contribution >= 0.6 is 0 Å². The maximum atomic E-state index is 12.2. The molecule has 0 unspecified atom stereocenters. The minimum absolute atomic E-state index is 0.116. The van der Waals surface area contributed by atoms with E-state index in [1.54, 1.807) is 18.2 Å². The van der Waals surface area contributed by atoms with Gasteiger partial charge < -0.3 is 15.4 Å². The predicted octanol–water partition coefficient (Wildman–Crippen LogP) is 2.56. The Morgan fingerprint density at radius 3 is 2.62 bits per heavy atom. The molecule has 0 aromatic heterocycles. The summed E-state index contributed by atoms with van der Waals surface area (Å²) < 4.78 is 31.0. The normalized spacial score (nSPS) is 15.5. The van der Waals surface area contributed by atoms with E-state index in [1.165, 1.54) is 11.4 Å². The number of anilines is 2. The van der Waals surface area contributed by atoms with Gasteiger partial charge in [0, 0.05) is 18.8 Å². The molecule has 7 nitrogen and oxygen atoms in total. The first-order chi connectivity index (χ1) is 12.5. The highest BCUT2D eigenvalue weighted by Gasteiger charge is 2.30. The number of sulfonamides is 1. The molecular formula is C18H21N3O4S. The first-order valence-electron chi connectivity index (χ1n) is 8.27. The Labute approximate surface area is 153 Å². The fourth-order valence-corrected chi connectivity index (χ4v) is 4.39. The third-order valence-corrected chi connectivity index (χ3v) is 5.96. The number of methoxy groups -OCH3 is 1. The van der Waals surface area contributed by atoms with Gasteiger partial charge in [-0.15, -0.1) is 0 Å². The van der Waals surface area contributed by atoms with Crippen LogP contribution in [0.25, 0.3) is 0 Å². The Balaban J connectivity index is 1.72. The number of nitrogens with zero attached hydrogens (tertiary/aromatic N) is 1. The van der Waals surface area contributed by atoms with Gasteiger partial charge in [0.15, 0.2) is 0 Å². The molecule has 0 radical (unpaired) electrons. The lowest BCUT2D eigenvalue weighted by Crippen LogP contribution is -2.29. The molecule has 1 saturated heterocycles. The Bertz CT molecular complexity index is 885. The predicted molar refractivity (Wildman–Crippen MR) is 101 cm³/mol. The van der Waals surface area contributed by atoms with Gasteiger partial charge in [-0.05, 0) is 30.2 Å². The Morgan fingerprint density at radius 2 is 1.96 bits per heavy atom. The number of carbonyl (C=O) groups excluding carboxylic acids is 1. The van der Waals surface area contributed by atoms with Crippen LogP contribution in [0.3, 0.4) is 0 Å². The van der Waals surface area contributed by atoms with Gasteiger partial charge in [-0.2, -0.15) is 0 Å². The number of hydrogen-bond donors (Lipinski definition) is 2. The summed E-state index contributed by atoms with van der Waals surface area (Å²) in [7, 11) is -1.85. The third-order valence-electron chi connectivity index (χ3n) is 4.10. The molecule has 0 aliphatic carbocycles. The van der Waals surface area contributed by atoms with Crippen LogP contribution in [0.5, 0.6) is 5.75 Å². The summed E-state index contributed by atoms with van der Waals surface area (Å²) in [5.41, 5.74) is 1.92. The third kappa shape index (κ3) is 4.08. The Kier molecular flexibility index (Phi) is 5.32. The molecule has 2 aromatic carbocycles. The minimum atomic E-state index is -3.34. The fourth-order valence-electron chi connectivity index (χ4n) is 2.83. The summed E-state index contributed by atoms with van der Waals surface area (Å²) >= 11 is 0. The van der Waals surface area contributed by atoms with Gasteiger partial charge in [-0.25, -0.2) is 13.2 Å². The summed E-state index contributed by atoms with van der Waals surface area (Å²) in [6.45, 7) is 0.804. The number of nitrogens with one attached hydrogen (secondary N) is 2. The van der Waals surface area contributed by atoms with Crippen molar-refractivity contribution >= 4 is 27.4 Å². The highest BCUT2D eigenvalue weighted by Crippen LogP contribution is 2.35. The van der Waals surface area contributed by atoms with Gasteiger partial charge in [-0.3, -0.25) is 4.31 Å². The van der Waals surface area contributed by atoms with Gasteiger partial charge >= 0.3 is 6.03 Å². The van der Waals surface area contributed by atoms with Crippen LogP contribution in [0.4, 0.5) is 16.2 Å². The lowest BCUT2D eigenvalue weighted by atomic mass is 10.2. The van der Waals surface area contributed by atoms with Crippen LogP contribution in [0.1, 0.15) is 12.0 Å². The van der Waals surface area contributed by atoms with E-state index >= 15 is 0 Å². The molecule has 0 bridgehead atoms. The monoisotopic (exact) mass is 375 g/mol. The first-order valence-corrected chi connectivity index (χ1v) is 9.88. The van der Waals surface area contributed by atoms with Crippen molar-refractivity contribution in [3.63, 3.8) is 0 Å².